The van der Waals surface area contributed by atoms with Crippen molar-refractivity contribution in [2.24, 2.45) is 0 Å². The van der Waals surface area contributed by atoms with Gasteiger partial charge in [-0.25, -0.2) is 9.97 Å². The number of aromatic nitrogens is 2. The van der Waals surface area contributed by atoms with Gasteiger partial charge in [-0.15, -0.1) is 11.3 Å². The summed E-state index contributed by atoms with van der Waals surface area (Å²) in [6.07, 6.45) is 2.79. The summed E-state index contributed by atoms with van der Waals surface area (Å²) in [4.78, 5) is 17.9. The molecule has 0 bridgehead atoms. The minimum atomic E-state index is 0.973. The van der Waals surface area contributed by atoms with Gasteiger partial charge in [-0.05, 0) is 18.5 Å². The molecule has 0 radical (unpaired) electrons. The second-order valence-electron chi connectivity index (χ2n) is 6.45. The van der Waals surface area contributed by atoms with E-state index < -0.39 is 0 Å². The summed E-state index contributed by atoms with van der Waals surface area (Å²) >= 11 is 1.85. The number of hydrogen-bond donors (Lipinski definition) is 0. The van der Waals surface area contributed by atoms with E-state index in [2.05, 4.69) is 49.2 Å². The van der Waals surface area contributed by atoms with Crippen molar-refractivity contribution in [3.63, 3.8) is 0 Å². The van der Waals surface area contributed by atoms with Gasteiger partial charge < -0.3 is 9.80 Å². The van der Waals surface area contributed by atoms with Gasteiger partial charge in [0, 0.05) is 62.7 Å². The maximum atomic E-state index is 4.62. The first-order valence-electron chi connectivity index (χ1n) is 8.30. The average molecular weight is 329 g/mol. The molecular formula is C17H23N5S. The maximum Gasteiger partial charge on any atom is 0.136 e. The van der Waals surface area contributed by atoms with Crippen LogP contribution in [0.4, 0.5) is 5.82 Å². The second kappa shape index (κ2) is 6.55. The zero-order valence-corrected chi connectivity index (χ0v) is 14.4. The largest absolute Gasteiger partial charge is 0.354 e. The van der Waals surface area contributed by atoms with Crippen LogP contribution in [0.5, 0.6) is 0 Å². The molecule has 0 N–H and O–H groups in total. The fourth-order valence-electron chi connectivity index (χ4n) is 3.47. The van der Waals surface area contributed by atoms with Crippen LogP contribution in [0.1, 0.15) is 16.1 Å². The number of nitrogens with zero attached hydrogens (tertiary/aromatic N) is 5. The fraction of sp³-hybridized carbons (Fsp3) is 0.529. The summed E-state index contributed by atoms with van der Waals surface area (Å²) in [5.41, 5.74) is 2.59. The van der Waals surface area contributed by atoms with Gasteiger partial charge in [0.15, 0.2) is 0 Å². The molecule has 0 amide bonds. The molecular weight excluding hydrogens is 306 g/mol. The lowest BCUT2D eigenvalue weighted by Gasteiger charge is -2.37. The summed E-state index contributed by atoms with van der Waals surface area (Å²) in [6.45, 7) is 7.46. The molecule has 122 valence electrons. The SMILES string of the molecule is CN1CCc2ncnc(N3CCN(Cc4cccs4)CC3)c2C1. The molecule has 6 heteroatoms. The number of anilines is 1. The molecule has 1 saturated heterocycles. The van der Waals surface area contributed by atoms with E-state index in [0.29, 0.717) is 0 Å². The molecule has 5 nitrogen and oxygen atoms in total. The van der Waals surface area contributed by atoms with E-state index in [1.165, 1.54) is 16.1 Å². The summed E-state index contributed by atoms with van der Waals surface area (Å²) < 4.78 is 0. The van der Waals surface area contributed by atoms with E-state index in [1.807, 2.05) is 11.3 Å². The average Bonchev–Trinajstić information content (AvgIpc) is 3.08. The molecule has 0 atom stereocenters. The summed E-state index contributed by atoms with van der Waals surface area (Å²) in [6, 6.07) is 4.37. The molecule has 1 fully saturated rings. The van der Waals surface area contributed by atoms with Gasteiger partial charge in [0.2, 0.25) is 0 Å². The highest BCUT2D eigenvalue weighted by molar-refractivity contribution is 7.09. The zero-order valence-electron chi connectivity index (χ0n) is 13.6. The quantitative estimate of drug-likeness (QED) is 0.859. The molecule has 2 aromatic heterocycles. The Bertz CT molecular complexity index is 649. The van der Waals surface area contributed by atoms with Crippen LogP contribution in [0.25, 0.3) is 0 Å². The number of fused-ring (bicyclic) bond motifs is 1. The topological polar surface area (TPSA) is 35.5 Å². The van der Waals surface area contributed by atoms with E-state index in [1.54, 1.807) is 6.33 Å². The van der Waals surface area contributed by atoms with Crippen LogP contribution in [-0.4, -0.2) is 59.5 Å². The Balaban J connectivity index is 1.44. The Kier molecular flexibility index (Phi) is 4.29. The van der Waals surface area contributed by atoms with Crippen LogP contribution in [0.3, 0.4) is 0 Å². The number of rotatable bonds is 3. The highest BCUT2D eigenvalue weighted by Gasteiger charge is 2.24. The van der Waals surface area contributed by atoms with Crippen molar-refractivity contribution in [1.29, 1.82) is 0 Å². The Labute approximate surface area is 141 Å². The first-order valence-corrected chi connectivity index (χ1v) is 9.18. The van der Waals surface area contributed by atoms with Gasteiger partial charge in [-0.3, -0.25) is 4.90 Å². The van der Waals surface area contributed by atoms with Gasteiger partial charge >= 0.3 is 0 Å². The smallest absolute Gasteiger partial charge is 0.136 e. The standard InChI is InChI=1S/C17H23N5S/c1-20-5-4-16-15(12-20)17(19-13-18-16)22-8-6-21(7-9-22)11-14-3-2-10-23-14/h2-3,10,13H,4-9,11-12H2,1H3. The summed E-state index contributed by atoms with van der Waals surface area (Å²) in [7, 11) is 2.18. The lowest BCUT2D eigenvalue weighted by atomic mass is 10.1. The van der Waals surface area contributed by atoms with Crippen LogP contribution in [-0.2, 0) is 19.5 Å². The molecule has 0 aliphatic carbocycles. The van der Waals surface area contributed by atoms with E-state index in [9.17, 15) is 0 Å². The van der Waals surface area contributed by atoms with Crippen LogP contribution in [0.15, 0.2) is 23.8 Å². The van der Waals surface area contributed by atoms with Crippen LogP contribution < -0.4 is 4.90 Å². The molecule has 23 heavy (non-hydrogen) atoms. The second-order valence-corrected chi connectivity index (χ2v) is 7.49. The Hall–Kier alpha value is -1.50. The van der Waals surface area contributed by atoms with Gasteiger partial charge in [0.05, 0.1) is 5.69 Å². The molecule has 0 unspecified atom stereocenters. The highest BCUT2D eigenvalue weighted by atomic mass is 32.1. The Morgan fingerprint density at radius 2 is 2.00 bits per heavy atom. The normalized spacial score (nSPS) is 19.8. The Morgan fingerprint density at radius 3 is 2.78 bits per heavy atom. The van der Waals surface area contributed by atoms with E-state index in [4.69, 9.17) is 0 Å². The number of thiophene rings is 1. The minimum absolute atomic E-state index is 0.973. The summed E-state index contributed by atoms with van der Waals surface area (Å²) in [5, 5.41) is 2.16. The highest BCUT2D eigenvalue weighted by Crippen LogP contribution is 2.26. The van der Waals surface area contributed by atoms with E-state index in [-0.39, 0.29) is 0 Å². The first kappa shape index (κ1) is 15.1. The molecule has 0 saturated carbocycles. The molecule has 0 aromatic carbocycles. The molecule has 2 aliphatic heterocycles. The number of likely N-dealkylation sites (N-methyl/N-ethyl adjacent to an activating group) is 1. The fourth-order valence-corrected chi connectivity index (χ4v) is 4.22. The van der Waals surface area contributed by atoms with Gasteiger partial charge in [-0.2, -0.15) is 0 Å². The molecule has 2 aromatic rings. The van der Waals surface area contributed by atoms with Crippen LogP contribution in [0.2, 0.25) is 0 Å². The van der Waals surface area contributed by atoms with Crippen molar-refractivity contribution in [2.45, 2.75) is 19.5 Å². The molecule has 4 rings (SSSR count). The number of hydrogen-bond acceptors (Lipinski definition) is 6. The van der Waals surface area contributed by atoms with Crippen molar-refractivity contribution in [3.8, 4) is 0 Å². The van der Waals surface area contributed by atoms with Gasteiger partial charge in [0.1, 0.15) is 12.1 Å². The predicted molar refractivity (Wildman–Crippen MR) is 93.9 cm³/mol. The monoisotopic (exact) mass is 329 g/mol. The third-order valence-electron chi connectivity index (χ3n) is 4.80. The van der Waals surface area contributed by atoms with Crippen molar-refractivity contribution in [2.75, 3.05) is 44.7 Å². The first-order chi connectivity index (χ1) is 11.3. The third kappa shape index (κ3) is 3.24. The molecule has 4 heterocycles. The lowest BCUT2D eigenvalue weighted by molar-refractivity contribution is 0.250. The zero-order chi connectivity index (χ0) is 15.6. The number of piperazine rings is 1. The van der Waals surface area contributed by atoms with Crippen LogP contribution >= 0.6 is 11.3 Å². The van der Waals surface area contributed by atoms with E-state index in [0.717, 1.165) is 58.1 Å². The van der Waals surface area contributed by atoms with Crippen molar-refractivity contribution in [1.82, 2.24) is 19.8 Å². The van der Waals surface area contributed by atoms with Crippen molar-refractivity contribution >= 4 is 17.2 Å². The lowest BCUT2D eigenvalue weighted by Crippen LogP contribution is -2.47. The molecule has 0 spiro atoms. The Morgan fingerprint density at radius 1 is 1.13 bits per heavy atom. The third-order valence-corrected chi connectivity index (χ3v) is 5.66. The van der Waals surface area contributed by atoms with Crippen molar-refractivity contribution < 1.29 is 0 Å². The predicted octanol–water partition coefficient (Wildman–Crippen LogP) is 1.85. The minimum Gasteiger partial charge on any atom is -0.354 e. The van der Waals surface area contributed by atoms with Gasteiger partial charge in [0.25, 0.3) is 0 Å². The maximum absolute atomic E-state index is 4.62. The van der Waals surface area contributed by atoms with E-state index >= 15 is 0 Å². The van der Waals surface area contributed by atoms with Crippen LogP contribution in [0, 0.1) is 0 Å². The van der Waals surface area contributed by atoms with Crippen molar-refractivity contribution in [3.05, 3.63) is 40.0 Å². The summed E-state index contributed by atoms with van der Waals surface area (Å²) in [5.74, 6) is 1.16. The van der Waals surface area contributed by atoms with Gasteiger partial charge in [-0.1, -0.05) is 6.07 Å². The molecule has 2 aliphatic rings.